The summed E-state index contributed by atoms with van der Waals surface area (Å²) in [4.78, 5) is 35.9. The molecule has 0 atom stereocenters. The first-order chi connectivity index (χ1) is 13.9. The third kappa shape index (κ3) is 5.35. The predicted octanol–water partition coefficient (Wildman–Crippen LogP) is 2.58. The van der Waals surface area contributed by atoms with Crippen LogP contribution >= 0.6 is 0 Å². The van der Waals surface area contributed by atoms with Crippen LogP contribution in [0.25, 0.3) is 0 Å². The summed E-state index contributed by atoms with van der Waals surface area (Å²) in [6, 6.07) is 11.3. The molecular weight excluding hydrogens is 378 g/mol. The monoisotopic (exact) mass is 399 g/mol. The summed E-state index contributed by atoms with van der Waals surface area (Å²) in [6.07, 6.45) is 0.981. The molecule has 0 heterocycles. The second-order valence-electron chi connectivity index (χ2n) is 5.67. The maximum absolute atomic E-state index is 12.7. The highest BCUT2D eigenvalue weighted by Gasteiger charge is 2.15. The van der Waals surface area contributed by atoms with Crippen molar-refractivity contribution in [2.45, 2.75) is 0 Å². The summed E-state index contributed by atoms with van der Waals surface area (Å²) in [6.45, 7) is 0. The molecular formula is C21H21NO7. The molecule has 0 amide bonds. The zero-order chi connectivity index (χ0) is 21.4. The van der Waals surface area contributed by atoms with Crippen molar-refractivity contribution in [3.63, 3.8) is 0 Å². The maximum Gasteiger partial charge on any atom is 0.354 e. The van der Waals surface area contributed by atoms with Gasteiger partial charge in [0.25, 0.3) is 0 Å². The van der Waals surface area contributed by atoms with E-state index in [0.29, 0.717) is 28.3 Å². The number of benzene rings is 2. The van der Waals surface area contributed by atoms with Crippen molar-refractivity contribution in [3.8, 4) is 11.5 Å². The van der Waals surface area contributed by atoms with Crippen LogP contribution in [0.15, 0.2) is 54.2 Å². The number of esters is 2. The molecule has 0 aliphatic carbocycles. The summed E-state index contributed by atoms with van der Waals surface area (Å²) in [5.41, 5.74) is 1.25. The van der Waals surface area contributed by atoms with Gasteiger partial charge in [-0.25, -0.2) is 9.59 Å². The molecule has 0 aromatic heterocycles. The van der Waals surface area contributed by atoms with Gasteiger partial charge >= 0.3 is 11.9 Å². The van der Waals surface area contributed by atoms with Crippen molar-refractivity contribution in [1.82, 2.24) is 0 Å². The highest BCUT2D eigenvalue weighted by molar-refractivity contribution is 6.09. The van der Waals surface area contributed by atoms with Crippen LogP contribution in [0.5, 0.6) is 11.5 Å². The Labute approximate surface area is 168 Å². The fraction of sp³-hybridized carbons (Fsp3) is 0.190. The van der Waals surface area contributed by atoms with Crippen LogP contribution in [-0.4, -0.2) is 46.2 Å². The van der Waals surface area contributed by atoms with Gasteiger partial charge in [0.15, 0.2) is 17.3 Å². The van der Waals surface area contributed by atoms with Gasteiger partial charge in [-0.05, 0) is 42.5 Å². The second kappa shape index (κ2) is 9.93. The lowest BCUT2D eigenvalue weighted by Crippen LogP contribution is -2.15. The quantitative estimate of drug-likeness (QED) is 0.411. The van der Waals surface area contributed by atoms with E-state index in [1.165, 1.54) is 28.4 Å². The first-order valence-corrected chi connectivity index (χ1v) is 8.45. The van der Waals surface area contributed by atoms with Crippen molar-refractivity contribution in [2.24, 2.45) is 0 Å². The first kappa shape index (κ1) is 21.5. The summed E-state index contributed by atoms with van der Waals surface area (Å²) < 4.78 is 19.6. The first-order valence-electron chi connectivity index (χ1n) is 8.45. The van der Waals surface area contributed by atoms with E-state index in [0.717, 1.165) is 6.08 Å². The molecule has 8 nitrogen and oxygen atoms in total. The van der Waals surface area contributed by atoms with Crippen molar-refractivity contribution >= 4 is 23.4 Å². The number of methoxy groups -OCH3 is 4. The Bertz CT molecular complexity index is 933. The third-order valence-corrected chi connectivity index (χ3v) is 3.94. The lowest BCUT2D eigenvalue weighted by molar-refractivity contribution is -0.138. The van der Waals surface area contributed by atoms with Crippen LogP contribution < -0.4 is 14.8 Å². The largest absolute Gasteiger partial charge is 0.493 e. The molecule has 8 heteroatoms. The summed E-state index contributed by atoms with van der Waals surface area (Å²) >= 11 is 0. The second-order valence-corrected chi connectivity index (χ2v) is 5.67. The van der Waals surface area contributed by atoms with E-state index in [9.17, 15) is 14.4 Å². The number of ketones is 1. The van der Waals surface area contributed by atoms with Crippen LogP contribution in [0.4, 0.5) is 5.69 Å². The number of nitrogens with one attached hydrogen (secondary N) is 1. The average Bonchev–Trinajstić information content (AvgIpc) is 2.77. The maximum atomic E-state index is 12.7. The molecule has 2 aromatic rings. The molecule has 29 heavy (non-hydrogen) atoms. The van der Waals surface area contributed by atoms with Gasteiger partial charge in [0.1, 0.15) is 5.70 Å². The van der Waals surface area contributed by atoms with Crippen LogP contribution in [0.2, 0.25) is 0 Å². The zero-order valence-electron chi connectivity index (χ0n) is 16.5. The third-order valence-electron chi connectivity index (χ3n) is 3.94. The van der Waals surface area contributed by atoms with E-state index >= 15 is 0 Å². The standard InChI is InChI=1S/C21H21NO7/c1-26-17-10-7-14(11-18(17)27-2)20(24)13-5-8-15(9-6-13)22-16(21(25)29-4)12-19(23)28-3/h5-12,22H,1-4H3/b16-12+. The molecule has 0 saturated heterocycles. The Balaban J connectivity index is 2.23. The molecule has 0 spiro atoms. The number of ether oxygens (including phenoxy) is 4. The molecule has 2 aromatic carbocycles. The van der Waals surface area contributed by atoms with Crippen molar-refractivity contribution in [3.05, 3.63) is 65.4 Å². The van der Waals surface area contributed by atoms with Gasteiger partial charge in [-0.2, -0.15) is 0 Å². The molecule has 0 unspecified atom stereocenters. The minimum absolute atomic E-state index is 0.0988. The number of anilines is 1. The van der Waals surface area contributed by atoms with E-state index in [1.807, 2.05) is 0 Å². The van der Waals surface area contributed by atoms with Gasteiger partial charge in [-0.3, -0.25) is 4.79 Å². The number of hydrogen-bond acceptors (Lipinski definition) is 8. The minimum Gasteiger partial charge on any atom is -0.493 e. The van der Waals surface area contributed by atoms with Crippen LogP contribution in [0.3, 0.4) is 0 Å². The fourth-order valence-corrected chi connectivity index (χ4v) is 2.44. The molecule has 0 aliphatic heterocycles. The molecule has 0 radical (unpaired) electrons. The molecule has 0 aliphatic rings. The number of rotatable bonds is 8. The van der Waals surface area contributed by atoms with Crippen LogP contribution in [0, 0.1) is 0 Å². The molecule has 1 N–H and O–H groups in total. The minimum atomic E-state index is -0.735. The molecule has 0 saturated carbocycles. The summed E-state index contributed by atoms with van der Waals surface area (Å²) in [5.74, 6) is -0.682. The normalized spacial score (nSPS) is 10.7. The van der Waals surface area contributed by atoms with Crippen molar-refractivity contribution < 1.29 is 33.3 Å². The van der Waals surface area contributed by atoms with Crippen molar-refractivity contribution in [1.29, 1.82) is 0 Å². The van der Waals surface area contributed by atoms with E-state index in [2.05, 4.69) is 14.8 Å². The zero-order valence-corrected chi connectivity index (χ0v) is 16.5. The Kier molecular flexibility index (Phi) is 7.36. The summed E-state index contributed by atoms with van der Waals surface area (Å²) in [7, 11) is 5.40. The molecule has 0 bridgehead atoms. The highest BCUT2D eigenvalue weighted by atomic mass is 16.5. The Morgan fingerprint density at radius 2 is 1.41 bits per heavy atom. The molecule has 152 valence electrons. The number of hydrogen-bond donors (Lipinski definition) is 1. The lowest BCUT2D eigenvalue weighted by atomic mass is 10.0. The van der Waals surface area contributed by atoms with Crippen LogP contribution in [-0.2, 0) is 19.1 Å². The van der Waals surface area contributed by atoms with Gasteiger partial charge in [0.05, 0.1) is 34.5 Å². The topological polar surface area (TPSA) is 100 Å². The number of carbonyl (C=O) groups is 3. The predicted molar refractivity (Wildman–Crippen MR) is 105 cm³/mol. The average molecular weight is 399 g/mol. The van der Waals surface area contributed by atoms with Gasteiger partial charge < -0.3 is 24.3 Å². The number of carbonyl (C=O) groups excluding carboxylic acids is 3. The molecule has 0 fully saturated rings. The van der Waals surface area contributed by atoms with Gasteiger partial charge in [-0.15, -0.1) is 0 Å². The lowest BCUT2D eigenvalue weighted by Gasteiger charge is -2.11. The van der Waals surface area contributed by atoms with E-state index < -0.39 is 11.9 Å². The highest BCUT2D eigenvalue weighted by Crippen LogP contribution is 2.28. The SMILES string of the molecule is COC(=O)/C=C(/Nc1ccc(C(=O)c2ccc(OC)c(OC)c2)cc1)C(=O)OC. The Morgan fingerprint density at radius 3 is 1.97 bits per heavy atom. The van der Waals surface area contributed by atoms with Gasteiger partial charge in [0.2, 0.25) is 0 Å². The van der Waals surface area contributed by atoms with Crippen molar-refractivity contribution in [2.75, 3.05) is 33.8 Å². The van der Waals surface area contributed by atoms with E-state index in [-0.39, 0.29) is 11.5 Å². The van der Waals surface area contributed by atoms with Crippen LogP contribution in [0.1, 0.15) is 15.9 Å². The Morgan fingerprint density at radius 1 is 0.793 bits per heavy atom. The van der Waals surface area contributed by atoms with Gasteiger partial charge in [0, 0.05) is 16.8 Å². The summed E-state index contributed by atoms with van der Waals surface area (Å²) in [5, 5.41) is 2.77. The molecule has 2 rings (SSSR count). The smallest absolute Gasteiger partial charge is 0.354 e. The van der Waals surface area contributed by atoms with Gasteiger partial charge in [-0.1, -0.05) is 0 Å². The van der Waals surface area contributed by atoms with E-state index in [4.69, 9.17) is 9.47 Å². The Hall–Kier alpha value is -3.81. The van der Waals surface area contributed by atoms with E-state index in [1.54, 1.807) is 42.5 Å². The fourth-order valence-electron chi connectivity index (χ4n) is 2.44.